The number of aromatic nitrogens is 2. The molecule has 0 spiro atoms. The lowest BCUT2D eigenvalue weighted by Gasteiger charge is -2.05. The fraction of sp³-hybridized carbons (Fsp3) is 0.500. The molecule has 0 saturated carbocycles. The minimum atomic E-state index is -2.70. The standard InChI is InChI=1S/C8H9ClF2N2O2/c9-5-4-12-13(7(5)8(10)11)3-1-2-6(14)15/h4,8H,1-3H2,(H,14,15). The molecular weight excluding hydrogens is 230 g/mol. The molecular formula is C8H9ClF2N2O2. The number of rotatable bonds is 5. The van der Waals surface area contributed by atoms with Gasteiger partial charge in [0.1, 0.15) is 5.69 Å². The summed E-state index contributed by atoms with van der Waals surface area (Å²) >= 11 is 5.50. The summed E-state index contributed by atoms with van der Waals surface area (Å²) in [5, 5.41) is 11.9. The number of nitrogens with zero attached hydrogens (tertiary/aromatic N) is 2. The minimum absolute atomic E-state index is 0.0832. The Hall–Kier alpha value is -1.17. The highest BCUT2D eigenvalue weighted by atomic mass is 35.5. The number of aryl methyl sites for hydroxylation is 1. The van der Waals surface area contributed by atoms with E-state index in [1.807, 2.05) is 0 Å². The van der Waals surface area contributed by atoms with E-state index in [-0.39, 0.29) is 30.1 Å². The van der Waals surface area contributed by atoms with Crippen LogP contribution in [0.4, 0.5) is 8.78 Å². The van der Waals surface area contributed by atoms with Crippen LogP contribution in [0.5, 0.6) is 0 Å². The molecule has 0 aliphatic rings. The molecule has 0 aliphatic heterocycles. The van der Waals surface area contributed by atoms with E-state index < -0.39 is 12.4 Å². The number of carboxylic acids is 1. The van der Waals surface area contributed by atoms with Gasteiger partial charge < -0.3 is 5.11 Å². The fourth-order valence-electron chi connectivity index (χ4n) is 1.15. The lowest BCUT2D eigenvalue weighted by atomic mass is 10.3. The molecule has 7 heteroatoms. The van der Waals surface area contributed by atoms with Crippen molar-refractivity contribution in [1.82, 2.24) is 9.78 Å². The highest BCUT2D eigenvalue weighted by Gasteiger charge is 2.18. The smallest absolute Gasteiger partial charge is 0.303 e. The predicted molar refractivity (Wildman–Crippen MR) is 49.1 cm³/mol. The van der Waals surface area contributed by atoms with Crippen molar-refractivity contribution in [2.24, 2.45) is 0 Å². The van der Waals surface area contributed by atoms with E-state index in [9.17, 15) is 13.6 Å². The van der Waals surface area contributed by atoms with Gasteiger partial charge in [0.05, 0.1) is 11.2 Å². The van der Waals surface area contributed by atoms with Gasteiger partial charge in [-0.15, -0.1) is 0 Å². The number of hydrogen-bond acceptors (Lipinski definition) is 2. The number of carbonyl (C=O) groups is 1. The minimum Gasteiger partial charge on any atom is -0.481 e. The van der Waals surface area contributed by atoms with Crippen molar-refractivity contribution in [1.29, 1.82) is 0 Å². The van der Waals surface area contributed by atoms with Gasteiger partial charge in [0.2, 0.25) is 0 Å². The quantitative estimate of drug-likeness (QED) is 0.857. The van der Waals surface area contributed by atoms with Crippen LogP contribution in [0.15, 0.2) is 6.20 Å². The molecule has 0 aromatic carbocycles. The molecule has 0 saturated heterocycles. The summed E-state index contributed by atoms with van der Waals surface area (Å²) in [6.07, 6.45) is -1.42. The van der Waals surface area contributed by atoms with Gasteiger partial charge in [-0.3, -0.25) is 9.48 Å². The zero-order valence-corrected chi connectivity index (χ0v) is 8.42. The summed E-state index contributed by atoms with van der Waals surface area (Å²) in [6, 6.07) is 0. The second-order valence-corrected chi connectivity index (χ2v) is 3.31. The van der Waals surface area contributed by atoms with Gasteiger partial charge in [-0.2, -0.15) is 5.10 Å². The molecule has 0 atom stereocenters. The molecule has 1 rings (SSSR count). The van der Waals surface area contributed by atoms with Gasteiger partial charge in [0.15, 0.2) is 0 Å². The van der Waals surface area contributed by atoms with Crippen molar-refractivity contribution in [2.75, 3.05) is 0 Å². The molecule has 0 unspecified atom stereocenters. The van der Waals surface area contributed by atoms with Crippen LogP contribution in [0.3, 0.4) is 0 Å². The normalized spacial score (nSPS) is 10.9. The molecule has 84 valence electrons. The Bertz CT molecular complexity index is 354. The first-order valence-corrected chi connectivity index (χ1v) is 4.61. The molecule has 0 amide bonds. The zero-order valence-electron chi connectivity index (χ0n) is 7.66. The monoisotopic (exact) mass is 238 g/mol. The third-order valence-electron chi connectivity index (χ3n) is 1.80. The number of hydrogen-bond donors (Lipinski definition) is 1. The first-order chi connectivity index (χ1) is 7.02. The predicted octanol–water partition coefficient (Wildman–Crippen LogP) is 2.34. The van der Waals surface area contributed by atoms with Crippen LogP contribution in [0, 0.1) is 0 Å². The Morgan fingerprint density at radius 2 is 2.33 bits per heavy atom. The molecule has 1 aromatic rings. The van der Waals surface area contributed by atoms with Crippen LogP contribution < -0.4 is 0 Å². The van der Waals surface area contributed by atoms with Crippen molar-refractivity contribution in [3.8, 4) is 0 Å². The van der Waals surface area contributed by atoms with Gasteiger partial charge >= 0.3 is 5.97 Å². The van der Waals surface area contributed by atoms with Crippen molar-refractivity contribution < 1.29 is 18.7 Å². The van der Waals surface area contributed by atoms with Crippen molar-refractivity contribution in [3.63, 3.8) is 0 Å². The van der Waals surface area contributed by atoms with Gasteiger partial charge in [-0.1, -0.05) is 11.6 Å². The molecule has 1 aromatic heterocycles. The van der Waals surface area contributed by atoms with E-state index in [4.69, 9.17) is 16.7 Å². The summed E-state index contributed by atoms with van der Waals surface area (Å²) in [5.41, 5.74) is -0.359. The third-order valence-corrected chi connectivity index (χ3v) is 2.09. The summed E-state index contributed by atoms with van der Waals surface area (Å²) in [7, 11) is 0. The van der Waals surface area contributed by atoms with Gasteiger partial charge in [-0.25, -0.2) is 8.78 Å². The van der Waals surface area contributed by atoms with E-state index in [2.05, 4.69) is 5.10 Å². The molecule has 4 nitrogen and oxygen atoms in total. The average molecular weight is 239 g/mol. The molecule has 0 aliphatic carbocycles. The van der Waals surface area contributed by atoms with Crippen molar-refractivity contribution in [3.05, 3.63) is 16.9 Å². The van der Waals surface area contributed by atoms with Gasteiger partial charge in [-0.05, 0) is 6.42 Å². The van der Waals surface area contributed by atoms with E-state index in [0.29, 0.717) is 0 Å². The summed E-state index contributed by atoms with van der Waals surface area (Å²) < 4.78 is 25.9. The molecule has 1 N–H and O–H groups in total. The third kappa shape index (κ3) is 3.16. The Morgan fingerprint density at radius 3 is 2.87 bits per heavy atom. The van der Waals surface area contributed by atoms with E-state index >= 15 is 0 Å². The maximum absolute atomic E-state index is 12.4. The number of carboxylic acid groups (broad SMARTS) is 1. The first kappa shape index (κ1) is 11.9. The largest absolute Gasteiger partial charge is 0.481 e. The lowest BCUT2D eigenvalue weighted by molar-refractivity contribution is -0.137. The lowest BCUT2D eigenvalue weighted by Crippen LogP contribution is -2.07. The summed E-state index contributed by atoms with van der Waals surface area (Å²) in [5.74, 6) is -0.966. The van der Waals surface area contributed by atoms with Crippen LogP contribution in [-0.4, -0.2) is 20.9 Å². The second kappa shape index (κ2) is 5.06. The Labute approximate surface area is 89.5 Å². The Morgan fingerprint density at radius 1 is 1.67 bits per heavy atom. The van der Waals surface area contributed by atoms with Crippen LogP contribution in [-0.2, 0) is 11.3 Å². The van der Waals surface area contributed by atoms with Gasteiger partial charge in [0, 0.05) is 13.0 Å². The van der Waals surface area contributed by atoms with Crippen LogP contribution in [0.1, 0.15) is 25.0 Å². The van der Waals surface area contributed by atoms with Crippen molar-refractivity contribution in [2.45, 2.75) is 25.8 Å². The highest BCUT2D eigenvalue weighted by molar-refractivity contribution is 6.31. The Kier molecular flexibility index (Phi) is 4.02. The maximum Gasteiger partial charge on any atom is 0.303 e. The number of alkyl halides is 2. The zero-order chi connectivity index (χ0) is 11.4. The van der Waals surface area contributed by atoms with Crippen LogP contribution in [0.25, 0.3) is 0 Å². The topological polar surface area (TPSA) is 55.1 Å². The maximum atomic E-state index is 12.4. The van der Waals surface area contributed by atoms with Crippen LogP contribution >= 0.6 is 11.6 Å². The van der Waals surface area contributed by atoms with Crippen molar-refractivity contribution >= 4 is 17.6 Å². The highest BCUT2D eigenvalue weighted by Crippen LogP contribution is 2.26. The molecule has 0 bridgehead atoms. The van der Waals surface area contributed by atoms with Gasteiger partial charge in [0.25, 0.3) is 6.43 Å². The van der Waals surface area contributed by atoms with Crippen LogP contribution in [0.2, 0.25) is 5.02 Å². The molecule has 15 heavy (non-hydrogen) atoms. The summed E-state index contributed by atoms with van der Waals surface area (Å²) in [6.45, 7) is 0.124. The molecule has 0 fully saturated rings. The molecule has 1 heterocycles. The second-order valence-electron chi connectivity index (χ2n) is 2.90. The first-order valence-electron chi connectivity index (χ1n) is 4.23. The average Bonchev–Trinajstić information content (AvgIpc) is 2.46. The molecule has 0 radical (unpaired) electrons. The number of aliphatic carboxylic acids is 1. The van der Waals surface area contributed by atoms with E-state index in [0.717, 1.165) is 10.9 Å². The fourth-order valence-corrected chi connectivity index (χ4v) is 1.37. The SMILES string of the molecule is O=C(O)CCCn1ncc(Cl)c1C(F)F. The summed E-state index contributed by atoms with van der Waals surface area (Å²) in [4.78, 5) is 10.2. The van der Waals surface area contributed by atoms with E-state index in [1.165, 1.54) is 0 Å². The Balaban J connectivity index is 2.64. The number of halogens is 3. The van der Waals surface area contributed by atoms with E-state index in [1.54, 1.807) is 0 Å².